The Morgan fingerprint density at radius 3 is 2.45 bits per heavy atom. The minimum absolute atomic E-state index is 0.154. The Kier molecular flexibility index (Phi) is 2.75. The van der Waals surface area contributed by atoms with E-state index in [1.807, 2.05) is 0 Å². The van der Waals surface area contributed by atoms with E-state index in [0.29, 0.717) is 10.2 Å². The van der Waals surface area contributed by atoms with E-state index in [9.17, 15) is 5.11 Å². The summed E-state index contributed by atoms with van der Waals surface area (Å²) in [5.41, 5.74) is 3.08. The molecule has 0 heterocycles. The molecule has 0 saturated heterocycles. The largest absolute Gasteiger partial charge is 0.507 e. The molecular weight excluding hydrogens is 276 g/mol. The standard InChI is InChI=1S/C6H6Br2N2O/c7-3-1-4(8)6(11)2-5(3)10-9/h1-2,10-11H,9H2. The second-order valence-electron chi connectivity index (χ2n) is 1.93. The average Bonchev–Trinajstić information content (AvgIpc) is 1.97. The van der Waals surface area contributed by atoms with Crippen LogP contribution in [0.25, 0.3) is 0 Å². The number of hydrogen-bond acceptors (Lipinski definition) is 3. The molecule has 0 amide bonds. The summed E-state index contributed by atoms with van der Waals surface area (Å²) in [5, 5.41) is 9.19. The number of nitrogen functional groups attached to an aromatic ring is 1. The Morgan fingerprint density at radius 1 is 1.27 bits per heavy atom. The molecule has 0 unspecified atom stereocenters. The van der Waals surface area contributed by atoms with Gasteiger partial charge in [-0.1, -0.05) is 0 Å². The molecule has 0 bridgehead atoms. The predicted octanol–water partition coefficient (Wildman–Crippen LogP) is 2.20. The number of phenols is 1. The Hall–Kier alpha value is -0.260. The van der Waals surface area contributed by atoms with Crippen molar-refractivity contribution in [2.75, 3.05) is 5.43 Å². The first-order valence-electron chi connectivity index (χ1n) is 2.79. The molecule has 60 valence electrons. The van der Waals surface area contributed by atoms with Gasteiger partial charge in [-0.2, -0.15) is 0 Å². The minimum atomic E-state index is 0.154. The van der Waals surface area contributed by atoms with Gasteiger partial charge in [-0.25, -0.2) is 0 Å². The maximum Gasteiger partial charge on any atom is 0.131 e. The van der Waals surface area contributed by atoms with E-state index >= 15 is 0 Å². The van der Waals surface area contributed by atoms with E-state index in [0.717, 1.165) is 4.47 Å². The third-order valence-corrected chi connectivity index (χ3v) is 2.48. The Balaban J connectivity index is 3.21. The van der Waals surface area contributed by atoms with Gasteiger partial charge in [0.15, 0.2) is 0 Å². The number of rotatable bonds is 1. The fourth-order valence-electron chi connectivity index (χ4n) is 0.648. The van der Waals surface area contributed by atoms with Gasteiger partial charge in [-0.05, 0) is 37.9 Å². The topological polar surface area (TPSA) is 58.3 Å². The second-order valence-corrected chi connectivity index (χ2v) is 3.64. The highest BCUT2D eigenvalue weighted by molar-refractivity contribution is 9.11. The first-order valence-corrected chi connectivity index (χ1v) is 4.38. The van der Waals surface area contributed by atoms with Crippen LogP contribution in [0.5, 0.6) is 5.75 Å². The molecule has 3 nitrogen and oxygen atoms in total. The van der Waals surface area contributed by atoms with Gasteiger partial charge in [0.2, 0.25) is 0 Å². The van der Waals surface area contributed by atoms with Gasteiger partial charge in [0.1, 0.15) is 5.75 Å². The van der Waals surface area contributed by atoms with Crippen molar-refractivity contribution < 1.29 is 5.11 Å². The molecule has 0 atom stereocenters. The molecule has 4 N–H and O–H groups in total. The summed E-state index contributed by atoms with van der Waals surface area (Å²) in [6.45, 7) is 0. The average molecular weight is 282 g/mol. The van der Waals surface area contributed by atoms with Crippen molar-refractivity contribution in [3.63, 3.8) is 0 Å². The van der Waals surface area contributed by atoms with Crippen molar-refractivity contribution in [2.45, 2.75) is 0 Å². The van der Waals surface area contributed by atoms with E-state index < -0.39 is 0 Å². The monoisotopic (exact) mass is 280 g/mol. The van der Waals surface area contributed by atoms with Crippen molar-refractivity contribution >= 4 is 37.5 Å². The lowest BCUT2D eigenvalue weighted by Gasteiger charge is -2.04. The van der Waals surface area contributed by atoms with Crippen molar-refractivity contribution in [3.8, 4) is 5.75 Å². The Bertz CT molecular complexity index is 278. The third-order valence-electron chi connectivity index (χ3n) is 1.19. The smallest absolute Gasteiger partial charge is 0.131 e. The molecule has 1 aromatic carbocycles. The number of halogens is 2. The maximum absolute atomic E-state index is 9.19. The number of hydrazine groups is 1. The summed E-state index contributed by atoms with van der Waals surface area (Å²) >= 11 is 6.42. The minimum Gasteiger partial charge on any atom is -0.507 e. The van der Waals surface area contributed by atoms with Crippen LogP contribution < -0.4 is 11.3 Å². The summed E-state index contributed by atoms with van der Waals surface area (Å²) < 4.78 is 1.42. The molecule has 11 heavy (non-hydrogen) atoms. The van der Waals surface area contributed by atoms with E-state index in [1.54, 1.807) is 6.07 Å². The number of hydrogen-bond donors (Lipinski definition) is 3. The van der Waals surface area contributed by atoms with Gasteiger partial charge >= 0.3 is 0 Å². The van der Waals surface area contributed by atoms with Crippen LogP contribution in [-0.4, -0.2) is 5.11 Å². The zero-order valence-electron chi connectivity index (χ0n) is 5.44. The number of anilines is 1. The Morgan fingerprint density at radius 2 is 1.91 bits per heavy atom. The van der Waals surface area contributed by atoms with Gasteiger partial charge < -0.3 is 10.5 Å². The fourth-order valence-corrected chi connectivity index (χ4v) is 1.76. The molecule has 0 aliphatic heterocycles. The van der Waals surface area contributed by atoms with Crippen molar-refractivity contribution in [3.05, 3.63) is 21.1 Å². The summed E-state index contributed by atoms with van der Waals surface area (Å²) in [6.07, 6.45) is 0. The molecule has 1 rings (SSSR count). The van der Waals surface area contributed by atoms with Gasteiger partial charge in [0, 0.05) is 10.5 Å². The lowest BCUT2D eigenvalue weighted by molar-refractivity contribution is 0.472. The summed E-state index contributed by atoms with van der Waals surface area (Å²) in [6, 6.07) is 3.23. The van der Waals surface area contributed by atoms with E-state index in [1.165, 1.54) is 6.07 Å². The molecule has 0 aliphatic rings. The van der Waals surface area contributed by atoms with Crippen LogP contribution in [0.1, 0.15) is 0 Å². The number of benzene rings is 1. The quantitative estimate of drug-likeness (QED) is 0.546. The van der Waals surface area contributed by atoms with Crippen LogP contribution in [0.3, 0.4) is 0 Å². The highest BCUT2D eigenvalue weighted by Crippen LogP contribution is 2.32. The molecule has 0 aliphatic carbocycles. The lowest BCUT2D eigenvalue weighted by atomic mass is 10.3. The fraction of sp³-hybridized carbons (Fsp3) is 0. The van der Waals surface area contributed by atoms with Crippen LogP contribution >= 0.6 is 31.9 Å². The number of phenolic OH excluding ortho intramolecular Hbond substituents is 1. The highest BCUT2D eigenvalue weighted by atomic mass is 79.9. The van der Waals surface area contributed by atoms with Crippen molar-refractivity contribution in [1.82, 2.24) is 0 Å². The van der Waals surface area contributed by atoms with Gasteiger partial charge in [0.05, 0.1) is 10.2 Å². The van der Waals surface area contributed by atoms with E-state index in [-0.39, 0.29) is 5.75 Å². The van der Waals surface area contributed by atoms with Gasteiger partial charge in [0.25, 0.3) is 0 Å². The van der Waals surface area contributed by atoms with E-state index in [4.69, 9.17) is 5.84 Å². The summed E-state index contributed by atoms with van der Waals surface area (Å²) in [4.78, 5) is 0. The second kappa shape index (κ2) is 3.42. The highest BCUT2D eigenvalue weighted by Gasteiger charge is 2.03. The SMILES string of the molecule is NNc1cc(O)c(Br)cc1Br. The van der Waals surface area contributed by atoms with Crippen LogP contribution in [0.2, 0.25) is 0 Å². The maximum atomic E-state index is 9.19. The molecule has 0 spiro atoms. The predicted molar refractivity (Wildman–Crippen MR) is 51.3 cm³/mol. The van der Waals surface area contributed by atoms with Crippen LogP contribution in [0, 0.1) is 0 Å². The molecule has 0 saturated carbocycles. The van der Waals surface area contributed by atoms with Crippen molar-refractivity contribution in [2.24, 2.45) is 5.84 Å². The zero-order chi connectivity index (χ0) is 8.43. The summed E-state index contributed by atoms with van der Waals surface area (Å²) in [5.74, 6) is 5.32. The van der Waals surface area contributed by atoms with Crippen LogP contribution in [0.15, 0.2) is 21.1 Å². The molecular formula is C6H6Br2N2O. The summed E-state index contributed by atoms with van der Waals surface area (Å²) in [7, 11) is 0. The van der Waals surface area contributed by atoms with Gasteiger partial charge in [-0.15, -0.1) is 0 Å². The Labute approximate surface area is 80.8 Å². The number of nitrogens with one attached hydrogen (secondary N) is 1. The molecule has 0 aromatic heterocycles. The lowest BCUT2D eigenvalue weighted by Crippen LogP contribution is -2.06. The van der Waals surface area contributed by atoms with Crippen LogP contribution in [0.4, 0.5) is 5.69 Å². The zero-order valence-corrected chi connectivity index (χ0v) is 8.61. The normalized spacial score (nSPS) is 9.73. The molecule has 1 aromatic rings. The van der Waals surface area contributed by atoms with Crippen molar-refractivity contribution in [1.29, 1.82) is 0 Å². The molecule has 0 radical (unpaired) electrons. The first kappa shape index (κ1) is 8.83. The third kappa shape index (κ3) is 1.85. The van der Waals surface area contributed by atoms with E-state index in [2.05, 4.69) is 37.3 Å². The number of aromatic hydroxyl groups is 1. The molecule has 5 heteroatoms. The number of nitrogens with two attached hydrogens (primary N) is 1. The van der Waals surface area contributed by atoms with Gasteiger partial charge in [-0.3, -0.25) is 5.84 Å². The first-order chi connectivity index (χ1) is 5.15. The molecule has 0 fully saturated rings. The van der Waals surface area contributed by atoms with Crippen LogP contribution in [-0.2, 0) is 0 Å².